The molecule has 0 N–H and O–H groups in total. The number of carbonyl (C=O) groups excluding carboxylic acids is 2. The van der Waals surface area contributed by atoms with E-state index in [4.69, 9.17) is 16.9 Å². The summed E-state index contributed by atoms with van der Waals surface area (Å²) < 4.78 is 1.29. The van der Waals surface area contributed by atoms with Crippen molar-refractivity contribution in [2.24, 2.45) is 4.99 Å². The summed E-state index contributed by atoms with van der Waals surface area (Å²) in [5, 5.41) is 14.1. The van der Waals surface area contributed by atoms with E-state index in [0.29, 0.717) is 17.1 Å². The van der Waals surface area contributed by atoms with E-state index < -0.39 is 11.8 Å². The lowest BCUT2D eigenvalue weighted by atomic mass is 9.90. The van der Waals surface area contributed by atoms with Gasteiger partial charge in [0.2, 0.25) is 12.1 Å². The number of halogens is 1. The maximum absolute atomic E-state index is 12.9. The molecule has 8 nitrogen and oxygen atoms in total. The first-order chi connectivity index (χ1) is 14.5. The van der Waals surface area contributed by atoms with Crippen LogP contribution in [-0.2, 0) is 11.2 Å². The molecule has 1 aliphatic rings. The molecule has 0 saturated carbocycles. The molecule has 0 saturated heterocycles. The minimum atomic E-state index is -0.717. The summed E-state index contributed by atoms with van der Waals surface area (Å²) in [6.45, 7) is 0. The Morgan fingerprint density at radius 3 is 2.50 bits per heavy atom. The third-order valence-electron chi connectivity index (χ3n) is 4.82. The van der Waals surface area contributed by atoms with Gasteiger partial charge >= 0.3 is 0 Å². The molecule has 0 radical (unpaired) electrons. The van der Waals surface area contributed by atoms with Crippen molar-refractivity contribution < 1.29 is 9.59 Å². The summed E-state index contributed by atoms with van der Waals surface area (Å²) in [7, 11) is 1.42. The van der Waals surface area contributed by atoms with Crippen molar-refractivity contribution in [2.45, 2.75) is 12.3 Å². The second-order valence-electron chi connectivity index (χ2n) is 6.69. The Bertz CT molecular complexity index is 1250. The smallest absolute Gasteiger partial charge is 0.280 e. The molecular formula is C21H15ClN6O2. The van der Waals surface area contributed by atoms with Gasteiger partial charge in [0, 0.05) is 12.1 Å². The van der Waals surface area contributed by atoms with Gasteiger partial charge in [0.15, 0.2) is 5.69 Å². The molecule has 148 valence electrons. The number of aromatic nitrogens is 3. The monoisotopic (exact) mass is 418 g/mol. The third-order valence-corrected chi connectivity index (χ3v) is 5.07. The average Bonchev–Trinajstić information content (AvgIpc) is 2.76. The van der Waals surface area contributed by atoms with Crippen molar-refractivity contribution in [3.63, 3.8) is 0 Å². The van der Waals surface area contributed by atoms with Crippen LogP contribution in [0.25, 0.3) is 5.69 Å². The number of benzene rings is 2. The van der Waals surface area contributed by atoms with Crippen LogP contribution in [0, 0.1) is 11.5 Å². The number of nitriles is 1. The fourth-order valence-electron chi connectivity index (χ4n) is 3.32. The normalized spacial score (nSPS) is 16.4. The first kappa shape index (κ1) is 19.5. The van der Waals surface area contributed by atoms with E-state index in [1.165, 1.54) is 11.7 Å². The summed E-state index contributed by atoms with van der Waals surface area (Å²) in [6, 6.07) is 16.1. The lowest BCUT2D eigenvalue weighted by Crippen LogP contribution is -2.46. The van der Waals surface area contributed by atoms with E-state index in [1.54, 1.807) is 30.5 Å². The molecule has 4 rings (SSSR count). The van der Waals surface area contributed by atoms with E-state index >= 15 is 0 Å². The fourth-order valence-corrected chi connectivity index (χ4v) is 3.44. The maximum atomic E-state index is 12.9. The zero-order valence-electron chi connectivity index (χ0n) is 15.9. The minimum Gasteiger partial charge on any atom is -0.280 e. The summed E-state index contributed by atoms with van der Waals surface area (Å²) >= 11 is 5.95. The van der Waals surface area contributed by atoms with Crippen molar-refractivity contribution in [1.29, 1.82) is 5.26 Å². The van der Waals surface area contributed by atoms with Crippen LogP contribution in [0.4, 0.5) is 0 Å². The van der Waals surface area contributed by atoms with Crippen LogP contribution in [-0.4, -0.2) is 38.5 Å². The Kier molecular flexibility index (Phi) is 5.12. The number of nitrogens with zero attached hydrogens (tertiary/aromatic N) is 6. The highest BCUT2D eigenvalue weighted by atomic mass is 35.5. The van der Waals surface area contributed by atoms with Gasteiger partial charge in [-0.2, -0.15) is 15.0 Å². The Morgan fingerprint density at radius 2 is 1.83 bits per heavy atom. The second kappa shape index (κ2) is 7.89. The van der Waals surface area contributed by atoms with Crippen LogP contribution in [0.5, 0.6) is 0 Å². The van der Waals surface area contributed by atoms with E-state index in [9.17, 15) is 9.59 Å². The number of amides is 2. The van der Waals surface area contributed by atoms with Gasteiger partial charge in [0.05, 0.1) is 17.3 Å². The molecule has 1 aromatic heterocycles. The Balaban J connectivity index is 1.92. The first-order valence-corrected chi connectivity index (χ1v) is 9.43. The van der Waals surface area contributed by atoms with Crippen molar-refractivity contribution >= 4 is 23.4 Å². The lowest BCUT2D eigenvalue weighted by molar-refractivity contribution is -0.129. The van der Waals surface area contributed by atoms with Gasteiger partial charge in [-0.1, -0.05) is 41.9 Å². The minimum absolute atomic E-state index is 0.0261. The highest BCUT2D eigenvalue weighted by molar-refractivity contribution is 6.30. The van der Waals surface area contributed by atoms with Gasteiger partial charge < -0.3 is 0 Å². The number of carbonyl (C=O) groups is 2. The molecule has 1 unspecified atom stereocenters. The molecular weight excluding hydrogens is 404 g/mol. The van der Waals surface area contributed by atoms with E-state index in [0.717, 1.165) is 10.5 Å². The molecule has 1 atom stereocenters. The van der Waals surface area contributed by atoms with Gasteiger partial charge in [-0.25, -0.2) is 4.98 Å². The largest absolute Gasteiger partial charge is 0.282 e. The molecule has 0 aliphatic carbocycles. The number of rotatable bonds is 3. The zero-order valence-corrected chi connectivity index (χ0v) is 16.6. The number of fused-ring (bicyclic) bond motifs is 1. The van der Waals surface area contributed by atoms with Crippen LogP contribution >= 0.6 is 11.6 Å². The molecule has 3 aromatic rings. The van der Waals surface area contributed by atoms with E-state index in [-0.39, 0.29) is 22.9 Å². The van der Waals surface area contributed by atoms with Crippen molar-refractivity contribution in [2.75, 3.05) is 7.05 Å². The summed E-state index contributed by atoms with van der Waals surface area (Å²) in [4.78, 5) is 34.9. The second-order valence-corrected chi connectivity index (χ2v) is 7.13. The maximum Gasteiger partial charge on any atom is 0.282 e. The number of hydrogen-bond acceptors (Lipinski definition) is 6. The Hall–Kier alpha value is -3.83. The van der Waals surface area contributed by atoms with Crippen LogP contribution in [0.15, 0.2) is 59.6 Å². The molecule has 30 heavy (non-hydrogen) atoms. The summed E-state index contributed by atoms with van der Waals surface area (Å²) in [5.41, 5.74) is 1.67. The first-order valence-electron chi connectivity index (χ1n) is 9.05. The highest BCUT2D eigenvalue weighted by Gasteiger charge is 2.40. The highest BCUT2D eigenvalue weighted by Crippen LogP contribution is 2.28. The molecule has 2 aromatic carbocycles. The SMILES string of the molecule is CN1C(=O)c2nn(-c3ccc(Cl)cc3)c(=NC#N)nc2C(Cc2ccccc2)C1=O. The molecule has 0 spiro atoms. The van der Waals surface area contributed by atoms with E-state index in [1.807, 2.05) is 30.3 Å². The van der Waals surface area contributed by atoms with Crippen molar-refractivity contribution in [3.8, 4) is 11.9 Å². The zero-order chi connectivity index (χ0) is 21.3. The molecule has 2 heterocycles. The number of likely N-dealkylation sites (N-methyl/N-ethyl adjacent to an activating group) is 1. The number of imide groups is 1. The Labute approximate surface area is 176 Å². The van der Waals surface area contributed by atoms with Crippen molar-refractivity contribution in [1.82, 2.24) is 19.7 Å². The van der Waals surface area contributed by atoms with E-state index in [2.05, 4.69) is 15.1 Å². The summed E-state index contributed by atoms with van der Waals surface area (Å²) in [6.07, 6.45) is 2.05. The molecule has 1 aliphatic heterocycles. The Morgan fingerprint density at radius 1 is 1.13 bits per heavy atom. The topological polar surface area (TPSA) is 104 Å². The van der Waals surface area contributed by atoms with Crippen LogP contribution in [0.3, 0.4) is 0 Å². The van der Waals surface area contributed by atoms with Gasteiger partial charge in [0.25, 0.3) is 11.5 Å². The number of hydrogen-bond donors (Lipinski definition) is 0. The fraction of sp³-hybridized carbons (Fsp3) is 0.143. The van der Waals surface area contributed by atoms with Crippen molar-refractivity contribution in [3.05, 3.63) is 82.2 Å². The van der Waals surface area contributed by atoms with Gasteiger partial charge in [-0.05, 0) is 36.2 Å². The van der Waals surface area contributed by atoms with Gasteiger partial charge in [-0.3, -0.25) is 14.5 Å². The molecule has 2 amide bonds. The lowest BCUT2D eigenvalue weighted by Gasteiger charge is -2.28. The van der Waals surface area contributed by atoms with Crippen LogP contribution in [0.1, 0.15) is 27.7 Å². The predicted molar refractivity (Wildman–Crippen MR) is 108 cm³/mol. The molecule has 0 fully saturated rings. The molecule has 9 heteroatoms. The van der Waals surface area contributed by atoms with Gasteiger partial charge in [-0.15, -0.1) is 4.99 Å². The van der Waals surface area contributed by atoms with Crippen LogP contribution < -0.4 is 5.62 Å². The predicted octanol–water partition coefficient (Wildman–Crippen LogP) is 2.24. The third kappa shape index (κ3) is 3.47. The quantitative estimate of drug-likeness (QED) is 0.479. The molecule has 0 bridgehead atoms. The summed E-state index contributed by atoms with van der Waals surface area (Å²) in [5.74, 6) is -1.65. The van der Waals surface area contributed by atoms with Gasteiger partial charge in [0.1, 0.15) is 0 Å². The standard InChI is InChI=1S/C21H15ClN6O2/c1-27-19(29)16(11-13-5-3-2-4-6-13)17-18(20(27)30)26-28(21(25-17)24-12-23)15-9-7-14(22)8-10-15/h2-10,16H,11H2,1H3. The van der Waals surface area contributed by atoms with Crippen LogP contribution in [0.2, 0.25) is 5.02 Å². The average molecular weight is 419 g/mol.